The SMILES string of the molecule is O=Cc1ccc([C@@H](C2CCCC2)[C@H]2C[C@@H]([C@@H]3CC[C@H]4C[C@@H](O)C5(CCCC5)[C@@H]4N3)[C@@]3(O)CN23)cc1. The van der Waals surface area contributed by atoms with Gasteiger partial charge < -0.3 is 15.5 Å². The summed E-state index contributed by atoms with van der Waals surface area (Å²) in [4.78, 5) is 13.7. The van der Waals surface area contributed by atoms with Crippen LogP contribution < -0.4 is 5.32 Å². The number of nitrogens with one attached hydrogen (secondary N) is 1. The molecule has 0 radical (unpaired) electrons. The number of hydrogen-bond acceptors (Lipinski definition) is 5. The average Bonchev–Trinajstić information content (AvgIpc) is 3.40. The Labute approximate surface area is 209 Å². The van der Waals surface area contributed by atoms with Gasteiger partial charge in [0, 0.05) is 47.5 Å². The lowest BCUT2D eigenvalue weighted by molar-refractivity contribution is 0.00890. The first kappa shape index (κ1) is 22.9. The van der Waals surface area contributed by atoms with Crippen molar-refractivity contribution in [2.24, 2.45) is 23.2 Å². The zero-order chi connectivity index (χ0) is 23.8. The summed E-state index contributed by atoms with van der Waals surface area (Å²) in [5.74, 6) is 1.97. The zero-order valence-corrected chi connectivity index (χ0v) is 20.9. The first-order chi connectivity index (χ1) is 17.0. The van der Waals surface area contributed by atoms with Gasteiger partial charge in [-0.25, -0.2) is 0 Å². The van der Waals surface area contributed by atoms with Gasteiger partial charge in [-0.2, -0.15) is 0 Å². The Kier molecular flexibility index (Phi) is 5.48. The molecule has 0 bridgehead atoms. The predicted octanol–water partition coefficient (Wildman–Crippen LogP) is 4.23. The van der Waals surface area contributed by atoms with E-state index in [4.69, 9.17) is 0 Å². The highest BCUT2D eigenvalue weighted by Gasteiger charge is 2.69. The fraction of sp³-hybridized carbons (Fsp3) is 0.767. The van der Waals surface area contributed by atoms with E-state index in [2.05, 4.69) is 22.3 Å². The van der Waals surface area contributed by atoms with Crippen molar-refractivity contribution in [1.29, 1.82) is 0 Å². The van der Waals surface area contributed by atoms with Crippen LogP contribution in [-0.2, 0) is 0 Å². The van der Waals surface area contributed by atoms with Crippen LogP contribution in [0.5, 0.6) is 0 Å². The molecule has 35 heavy (non-hydrogen) atoms. The standard InChI is InChI=1S/C30H42N2O3/c33-17-19-7-9-21(10-8-19)27(20-5-1-2-6-20)25-16-23(30(35)18-32(25)30)24-12-11-22-15-26(34)29(28(22)31-24)13-3-4-14-29/h7-10,17,20,22-28,31,34-35H,1-6,11-16,18H2/t22-,23-,24-,25+,26+,27+,28+,30-,32?/m0/s1. The van der Waals surface area contributed by atoms with Crippen molar-refractivity contribution in [3.63, 3.8) is 0 Å². The number of aliphatic hydroxyl groups is 2. The summed E-state index contributed by atoms with van der Waals surface area (Å²) in [5.41, 5.74) is 1.52. The van der Waals surface area contributed by atoms with Crippen LogP contribution in [0.3, 0.4) is 0 Å². The summed E-state index contributed by atoms with van der Waals surface area (Å²) < 4.78 is 0. The highest BCUT2D eigenvalue weighted by atomic mass is 16.3. The zero-order valence-electron chi connectivity index (χ0n) is 20.9. The lowest BCUT2D eigenvalue weighted by Crippen LogP contribution is -2.57. The minimum Gasteiger partial charge on any atom is -0.392 e. The molecule has 6 fully saturated rings. The molecule has 1 unspecified atom stereocenters. The molecule has 3 heterocycles. The minimum atomic E-state index is -0.658. The van der Waals surface area contributed by atoms with Crippen LogP contribution in [0, 0.1) is 23.2 Å². The molecule has 1 aromatic carbocycles. The van der Waals surface area contributed by atoms with Crippen molar-refractivity contribution in [2.75, 3.05) is 6.54 Å². The molecule has 1 spiro atoms. The fourth-order valence-corrected chi connectivity index (χ4v) is 9.90. The number of aliphatic hydroxyl groups excluding tert-OH is 1. The first-order valence-electron chi connectivity index (χ1n) is 14.5. The Balaban J connectivity index is 1.15. The third-order valence-electron chi connectivity index (χ3n) is 11.6. The van der Waals surface area contributed by atoms with E-state index in [0.717, 1.165) is 37.7 Å². The third-order valence-corrected chi connectivity index (χ3v) is 11.6. The van der Waals surface area contributed by atoms with Crippen molar-refractivity contribution in [1.82, 2.24) is 10.2 Å². The summed E-state index contributed by atoms with van der Waals surface area (Å²) in [6, 6.07) is 9.45. The van der Waals surface area contributed by atoms with Crippen LogP contribution in [0.15, 0.2) is 24.3 Å². The molecule has 6 aliphatic rings. The number of nitrogens with zero attached hydrogens (tertiary/aromatic N) is 1. The first-order valence-corrected chi connectivity index (χ1v) is 14.5. The second-order valence-electron chi connectivity index (χ2n) is 13.1. The lowest BCUT2D eigenvalue weighted by Gasteiger charge is -2.44. The van der Waals surface area contributed by atoms with Crippen LogP contribution in [0.2, 0.25) is 0 Å². The summed E-state index contributed by atoms with van der Waals surface area (Å²) in [7, 11) is 0. The summed E-state index contributed by atoms with van der Waals surface area (Å²) in [5, 5.41) is 27.0. The third kappa shape index (κ3) is 3.44. The number of fused-ring (bicyclic) bond motifs is 3. The summed E-state index contributed by atoms with van der Waals surface area (Å²) >= 11 is 0. The summed E-state index contributed by atoms with van der Waals surface area (Å²) in [6.45, 7) is 0.804. The van der Waals surface area contributed by atoms with E-state index in [1.165, 1.54) is 63.4 Å². The van der Waals surface area contributed by atoms with Gasteiger partial charge in [0.1, 0.15) is 12.0 Å². The predicted molar refractivity (Wildman–Crippen MR) is 135 cm³/mol. The van der Waals surface area contributed by atoms with Gasteiger partial charge in [0.15, 0.2) is 0 Å². The number of benzene rings is 1. The number of hydrogen-bond donors (Lipinski definition) is 3. The molecule has 7 rings (SSSR count). The van der Waals surface area contributed by atoms with E-state index in [0.29, 0.717) is 35.9 Å². The van der Waals surface area contributed by atoms with Crippen molar-refractivity contribution in [3.05, 3.63) is 35.4 Å². The Morgan fingerprint density at radius 1 is 1.00 bits per heavy atom. The normalized spacial score (nSPS) is 44.9. The maximum Gasteiger partial charge on any atom is 0.150 e. The van der Waals surface area contributed by atoms with E-state index in [-0.39, 0.29) is 17.4 Å². The number of aldehydes is 1. The monoisotopic (exact) mass is 478 g/mol. The molecule has 0 amide bonds. The van der Waals surface area contributed by atoms with Crippen LogP contribution in [0.4, 0.5) is 0 Å². The molecule has 5 nitrogen and oxygen atoms in total. The van der Waals surface area contributed by atoms with Crippen LogP contribution in [-0.4, -0.2) is 57.9 Å². The van der Waals surface area contributed by atoms with Gasteiger partial charge in [-0.1, -0.05) is 49.9 Å². The average molecular weight is 479 g/mol. The Bertz CT molecular complexity index is 953. The van der Waals surface area contributed by atoms with Crippen molar-refractivity contribution >= 4 is 6.29 Å². The smallest absolute Gasteiger partial charge is 0.150 e. The Morgan fingerprint density at radius 2 is 1.74 bits per heavy atom. The number of rotatable bonds is 5. The van der Waals surface area contributed by atoms with Gasteiger partial charge in [-0.05, 0) is 68.8 Å². The largest absolute Gasteiger partial charge is 0.392 e. The van der Waals surface area contributed by atoms with Gasteiger partial charge >= 0.3 is 0 Å². The molecule has 190 valence electrons. The quantitative estimate of drug-likeness (QED) is 0.436. The van der Waals surface area contributed by atoms with Crippen LogP contribution >= 0.6 is 0 Å². The Morgan fingerprint density at radius 3 is 2.46 bits per heavy atom. The topological polar surface area (TPSA) is 72.6 Å². The second-order valence-corrected chi connectivity index (χ2v) is 13.1. The number of carbonyl (C=O) groups excluding carboxylic acids is 1. The molecule has 3 N–H and O–H groups in total. The molecular weight excluding hydrogens is 436 g/mol. The lowest BCUT2D eigenvalue weighted by atomic mass is 9.72. The summed E-state index contributed by atoms with van der Waals surface area (Å²) in [6.07, 6.45) is 15.1. The van der Waals surface area contributed by atoms with Gasteiger partial charge in [-0.15, -0.1) is 0 Å². The van der Waals surface area contributed by atoms with Crippen LogP contribution in [0.1, 0.15) is 98.9 Å². The van der Waals surface area contributed by atoms with Crippen LogP contribution in [0.25, 0.3) is 0 Å². The van der Waals surface area contributed by atoms with Crippen molar-refractivity contribution < 1.29 is 15.0 Å². The highest BCUT2D eigenvalue weighted by Crippen LogP contribution is 2.60. The minimum absolute atomic E-state index is 0.0832. The molecule has 3 saturated carbocycles. The van der Waals surface area contributed by atoms with Gasteiger partial charge in [0.05, 0.1) is 6.10 Å². The Hall–Kier alpha value is -1.27. The maximum atomic E-state index is 11.8. The molecule has 1 aromatic rings. The van der Waals surface area contributed by atoms with E-state index >= 15 is 0 Å². The second kappa shape index (κ2) is 8.37. The van der Waals surface area contributed by atoms with E-state index in [1.54, 1.807) is 0 Å². The van der Waals surface area contributed by atoms with E-state index in [9.17, 15) is 15.0 Å². The van der Waals surface area contributed by atoms with E-state index in [1.807, 2.05) is 12.1 Å². The molecule has 3 saturated heterocycles. The van der Waals surface area contributed by atoms with Gasteiger partial charge in [0.25, 0.3) is 0 Å². The molecule has 5 heteroatoms. The molecule has 9 atom stereocenters. The van der Waals surface area contributed by atoms with Gasteiger partial charge in [-0.3, -0.25) is 9.69 Å². The molecule has 0 aromatic heterocycles. The van der Waals surface area contributed by atoms with Crippen molar-refractivity contribution in [2.45, 2.75) is 113 Å². The van der Waals surface area contributed by atoms with E-state index < -0.39 is 5.72 Å². The fourth-order valence-electron chi connectivity index (χ4n) is 9.90. The maximum absolute atomic E-state index is 11.8. The molecular formula is C30H42N2O3. The van der Waals surface area contributed by atoms with Gasteiger partial charge in [0.2, 0.25) is 0 Å². The molecule has 3 aliphatic carbocycles. The van der Waals surface area contributed by atoms with Crippen molar-refractivity contribution in [3.8, 4) is 0 Å². The molecule has 3 aliphatic heterocycles. The highest BCUT2D eigenvalue weighted by molar-refractivity contribution is 5.74. The number of carbonyl (C=O) groups is 1. The number of piperidine rings is 2.